The Balaban J connectivity index is 2.06. The standard InChI is InChI=1S/C14H14BrFN4O/c15-11-3-4-12(16)10(6-11)8-18-7-9-2-1-5-19-13(9)14(17)20-21/h1-6,18,21H,7-8H2,(H2,17,20). The predicted octanol–water partition coefficient (Wildman–Crippen LogP) is 2.37. The van der Waals surface area contributed by atoms with Crippen molar-refractivity contribution in [1.29, 1.82) is 0 Å². The number of hydrogen-bond acceptors (Lipinski definition) is 4. The van der Waals surface area contributed by atoms with Crippen LogP contribution in [0.4, 0.5) is 4.39 Å². The highest BCUT2D eigenvalue weighted by molar-refractivity contribution is 9.10. The quantitative estimate of drug-likeness (QED) is 0.334. The fraction of sp³-hybridized carbons (Fsp3) is 0.143. The van der Waals surface area contributed by atoms with Crippen molar-refractivity contribution in [1.82, 2.24) is 10.3 Å². The molecule has 0 radical (unpaired) electrons. The monoisotopic (exact) mass is 352 g/mol. The van der Waals surface area contributed by atoms with Crippen LogP contribution in [0.2, 0.25) is 0 Å². The fourth-order valence-corrected chi connectivity index (χ4v) is 2.28. The summed E-state index contributed by atoms with van der Waals surface area (Å²) >= 11 is 3.31. The van der Waals surface area contributed by atoms with Gasteiger partial charge in [-0.05, 0) is 29.8 Å². The summed E-state index contributed by atoms with van der Waals surface area (Å²) in [6, 6.07) is 8.34. The minimum absolute atomic E-state index is 0.0546. The Morgan fingerprint density at radius 2 is 2.10 bits per heavy atom. The maximum absolute atomic E-state index is 13.6. The third-order valence-corrected chi connectivity index (χ3v) is 3.37. The molecule has 1 aromatic heterocycles. The topological polar surface area (TPSA) is 83.5 Å². The van der Waals surface area contributed by atoms with Crippen molar-refractivity contribution in [3.05, 3.63) is 63.6 Å². The molecule has 0 aliphatic heterocycles. The van der Waals surface area contributed by atoms with Crippen LogP contribution >= 0.6 is 15.9 Å². The number of halogens is 2. The summed E-state index contributed by atoms with van der Waals surface area (Å²) in [6.45, 7) is 0.779. The third kappa shape index (κ3) is 3.99. The Labute approximate surface area is 129 Å². The summed E-state index contributed by atoms with van der Waals surface area (Å²) in [5.74, 6) is -0.324. The molecule has 0 aliphatic carbocycles. The molecule has 0 fully saturated rings. The van der Waals surface area contributed by atoms with Gasteiger partial charge in [0.2, 0.25) is 0 Å². The van der Waals surface area contributed by atoms with Crippen molar-refractivity contribution in [2.45, 2.75) is 13.1 Å². The number of nitrogens with two attached hydrogens (primary N) is 1. The number of amidine groups is 1. The van der Waals surface area contributed by atoms with E-state index in [1.807, 2.05) is 6.07 Å². The Kier molecular flexibility index (Phi) is 5.24. The molecule has 0 atom stereocenters. The van der Waals surface area contributed by atoms with E-state index in [0.29, 0.717) is 24.3 Å². The molecule has 2 aromatic rings. The molecule has 1 heterocycles. The molecule has 0 saturated heterocycles. The van der Waals surface area contributed by atoms with Crippen molar-refractivity contribution in [2.75, 3.05) is 0 Å². The van der Waals surface area contributed by atoms with Crippen LogP contribution in [0.15, 0.2) is 46.2 Å². The second-order valence-electron chi connectivity index (χ2n) is 4.34. The van der Waals surface area contributed by atoms with Gasteiger partial charge in [0.15, 0.2) is 5.84 Å². The van der Waals surface area contributed by atoms with Gasteiger partial charge < -0.3 is 16.3 Å². The van der Waals surface area contributed by atoms with Crippen molar-refractivity contribution < 1.29 is 9.60 Å². The lowest BCUT2D eigenvalue weighted by Crippen LogP contribution is -2.21. The first-order valence-corrected chi connectivity index (χ1v) is 6.97. The Morgan fingerprint density at radius 3 is 2.86 bits per heavy atom. The Morgan fingerprint density at radius 1 is 1.33 bits per heavy atom. The van der Waals surface area contributed by atoms with Gasteiger partial charge in [0.05, 0.1) is 0 Å². The van der Waals surface area contributed by atoms with Gasteiger partial charge in [-0.2, -0.15) is 0 Å². The van der Waals surface area contributed by atoms with Gasteiger partial charge in [0.25, 0.3) is 0 Å². The summed E-state index contributed by atoms with van der Waals surface area (Å²) in [4.78, 5) is 4.07. The number of aromatic nitrogens is 1. The molecule has 0 saturated carbocycles. The van der Waals surface area contributed by atoms with Crippen LogP contribution in [-0.4, -0.2) is 16.0 Å². The lowest BCUT2D eigenvalue weighted by Gasteiger charge is -2.09. The third-order valence-electron chi connectivity index (χ3n) is 2.88. The number of nitrogens with zero attached hydrogens (tertiary/aromatic N) is 2. The molecule has 5 nitrogen and oxygen atoms in total. The maximum Gasteiger partial charge on any atom is 0.189 e. The van der Waals surface area contributed by atoms with Gasteiger partial charge in [-0.3, -0.25) is 4.98 Å². The maximum atomic E-state index is 13.6. The van der Waals surface area contributed by atoms with Gasteiger partial charge in [-0.15, -0.1) is 0 Å². The average Bonchev–Trinajstić information content (AvgIpc) is 2.50. The second kappa shape index (κ2) is 7.14. The summed E-state index contributed by atoms with van der Waals surface area (Å²) in [5.41, 5.74) is 7.29. The van der Waals surface area contributed by atoms with E-state index in [4.69, 9.17) is 10.9 Å². The van der Waals surface area contributed by atoms with Gasteiger partial charge in [0.1, 0.15) is 11.5 Å². The molecule has 0 unspecified atom stereocenters. The molecule has 4 N–H and O–H groups in total. The highest BCUT2D eigenvalue weighted by Gasteiger charge is 2.08. The number of oxime groups is 1. The number of nitrogens with one attached hydrogen (secondary N) is 1. The lowest BCUT2D eigenvalue weighted by molar-refractivity contribution is 0.318. The first-order chi connectivity index (χ1) is 10.1. The Bertz CT molecular complexity index is 663. The molecule has 21 heavy (non-hydrogen) atoms. The van der Waals surface area contributed by atoms with Crippen molar-refractivity contribution in [2.24, 2.45) is 10.9 Å². The van der Waals surface area contributed by atoms with E-state index in [2.05, 4.69) is 31.4 Å². The van der Waals surface area contributed by atoms with Gasteiger partial charge in [0, 0.05) is 29.3 Å². The van der Waals surface area contributed by atoms with E-state index in [1.165, 1.54) is 6.07 Å². The van der Waals surface area contributed by atoms with Crippen LogP contribution in [0.25, 0.3) is 0 Å². The van der Waals surface area contributed by atoms with Crippen LogP contribution in [-0.2, 0) is 13.1 Å². The summed E-state index contributed by atoms with van der Waals surface area (Å²) in [6.07, 6.45) is 1.56. The van der Waals surface area contributed by atoms with Crippen molar-refractivity contribution >= 4 is 21.8 Å². The Hall–Kier alpha value is -1.99. The molecule has 7 heteroatoms. The molecule has 0 spiro atoms. The molecule has 110 valence electrons. The molecule has 0 aliphatic rings. The average molecular weight is 353 g/mol. The van der Waals surface area contributed by atoms with Crippen LogP contribution in [0.1, 0.15) is 16.8 Å². The van der Waals surface area contributed by atoms with Gasteiger partial charge in [-0.25, -0.2) is 4.39 Å². The number of pyridine rings is 1. The highest BCUT2D eigenvalue weighted by Crippen LogP contribution is 2.15. The van der Waals surface area contributed by atoms with Crippen LogP contribution in [0.5, 0.6) is 0 Å². The predicted molar refractivity (Wildman–Crippen MR) is 81.4 cm³/mol. The largest absolute Gasteiger partial charge is 0.409 e. The smallest absolute Gasteiger partial charge is 0.189 e. The molecular formula is C14H14BrFN4O. The van der Waals surface area contributed by atoms with Crippen LogP contribution in [0.3, 0.4) is 0 Å². The normalized spacial score (nSPS) is 11.6. The van der Waals surface area contributed by atoms with Crippen molar-refractivity contribution in [3.8, 4) is 0 Å². The molecule has 0 bridgehead atoms. The first kappa shape index (κ1) is 15.4. The van der Waals surface area contributed by atoms with Crippen LogP contribution in [0, 0.1) is 5.82 Å². The van der Waals surface area contributed by atoms with E-state index in [0.717, 1.165) is 10.0 Å². The van der Waals surface area contributed by atoms with E-state index in [-0.39, 0.29) is 11.7 Å². The summed E-state index contributed by atoms with van der Waals surface area (Å²) < 4.78 is 14.4. The van der Waals surface area contributed by atoms with Crippen molar-refractivity contribution in [3.63, 3.8) is 0 Å². The van der Waals surface area contributed by atoms with E-state index in [9.17, 15) is 4.39 Å². The van der Waals surface area contributed by atoms with E-state index in [1.54, 1.807) is 24.4 Å². The van der Waals surface area contributed by atoms with Gasteiger partial charge in [-0.1, -0.05) is 27.2 Å². The lowest BCUT2D eigenvalue weighted by atomic mass is 10.1. The minimum atomic E-state index is -0.270. The summed E-state index contributed by atoms with van der Waals surface area (Å²) in [5, 5.41) is 14.8. The second-order valence-corrected chi connectivity index (χ2v) is 5.25. The van der Waals surface area contributed by atoms with E-state index >= 15 is 0 Å². The minimum Gasteiger partial charge on any atom is -0.409 e. The molecule has 0 amide bonds. The molecule has 2 rings (SSSR count). The molecular weight excluding hydrogens is 339 g/mol. The van der Waals surface area contributed by atoms with Gasteiger partial charge >= 0.3 is 0 Å². The first-order valence-electron chi connectivity index (χ1n) is 6.18. The zero-order valence-corrected chi connectivity index (χ0v) is 12.6. The number of rotatable bonds is 5. The highest BCUT2D eigenvalue weighted by atomic mass is 79.9. The number of benzene rings is 1. The number of hydrogen-bond donors (Lipinski definition) is 3. The molecule has 1 aromatic carbocycles. The van der Waals surface area contributed by atoms with E-state index < -0.39 is 0 Å². The zero-order chi connectivity index (χ0) is 15.2. The SMILES string of the molecule is NC(=NO)c1ncccc1CNCc1cc(Br)ccc1F. The fourth-order valence-electron chi connectivity index (χ4n) is 1.87. The zero-order valence-electron chi connectivity index (χ0n) is 11.1. The van der Waals surface area contributed by atoms with Crippen LogP contribution < -0.4 is 11.1 Å². The summed E-state index contributed by atoms with van der Waals surface area (Å²) in [7, 11) is 0.